The van der Waals surface area contributed by atoms with Crippen LogP contribution in [0.5, 0.6) is 0 Å². The highest BCUT2D eigenvalue weighted by Crippen LogP contribution is 2.39. The zero-order chi connectivity index (χ0) is 23.4. The van der Waals surface area contributed by atoms with Gasteiger partial charge in [-0.05, 0) is 37.7 Å². The Hall–Kier alpha value is -2.44. The van der Waals surface area contributed by atoms with Gasteiger partial charge in [-0.2, -0.15) is 5.10 Å². The molecule has 182 valence electrons. The molecule has 0 spiro atoms. The van der Waals surface area contributed by atoms with Crippen molar-refractivity contribution in [3.8, 4) is 0 Å². The molecule has 34 heavy (non-hydrogen) atoms. The molecule has 1 saturated heterocycles. The minimum Gasteiger partial charge on any atom is -0.378 e. The Balaban J connectivity index is 1.34. The molecule has 3 aliphatic rings. The van der Waals surface area contributed by atoms with Crippen LogP contribution < -0.4 is 5.32 Å². The number of rotatable bonds is 7. The normalized spacial score (nSPS) is 22.2. The van der Waals surface area contributed by atoms with Gasteiger partial charge in [-0.25, -0.2) is 0 Å². The molecule has 2 fully saturated rings. The van der Waals surface area contributed by atoms with E-state index in [4.69, 9.17) is 9.84 Å². The van der Waals surface area contributed by atoms with Crippen molar-refractivity contribution >= 4 is 5.91 Å². The van der Waals surface area contributed by atoms with E-state index in [1.807, 2.05) is 15.7 Å². The molecule has 0 unspecified atom stereocenters. The van der Waals surface area contributed by atoms with E-state index < -0.39 is 0 Å². The first kappa shape index (κ1) is 23.3. The van der Waals surface area contributed by atoms with Crippen LogP contribution >= 0.6 is 0 Å². The molecule has 5 rings (SSSR count). The quantitative estimate of drug-likeness (QED) is 0.635. The van der Waals surface area contributed by atoms with Crippen LogP contribution in [0.1, 0.15) is 65.8 Å². The lowest BCUT2D eigenvalue weighted by molar-refractivity contribution is 0.0297. The summed E-state index contributed by atoms with van der Waals surface area (Å²) in [5.41, 5.74) is 4.69. The van der Waals surface area contributed by atoms with Crippen LogP contribution in [0.15, 0.2) is 43.0 Å². The monoisotopic (exact) mass is 462 g/mol. The van der Waals surface area contributed by atoms with Gasteiger partial charge in [0.25, 0.3) is 5.91 Å². The number of hydrogen-bond donors (Lipinski definition) is 1. The van der Waals surface area contributed by atoms with E-state index in [2.05, 4.69) is 42.2 Å². The van der Waals surface area contributed by atoms with Crippen LogP contribution in [0.25, 0.3) is 0 Å². The lowest BCUT2D eigenvalue weighted by Gasteiger charge is -2.40. The van der Waals surface area contributed by atoms with Crippen molar-refractivity contribution in [3.05, 3.63) is 65.5 Å². The minimum absolute atomic E-state index is 0.0519. The molecule has 6 heteroatoms. The van der Waals surface area contributed by atoms with Gasteiger partial charge in [0, 0.05) is 42.3 Å². The molecule has 2 aliphatic carbocycles. The standard InChI is InChI=1S/C28H38N4O2/c1-2-15-32-25-12-11-23(20-24(25)26(30-32)27(33)31-16-18-34-19-17-31)29-21-28(13-7-4-8-14-28)22-9-5-3-6-10-22/h2-3,5-6,9-10,23,29H,1,4,7-8,11-21H2/t23-/m0/s1. The molecule has 6 nitrogen and oxygen atoms in total. The first-order valence-electron chi connectivity index (χ1n) is 13.1. The smallest absolute Gasteiger partial charge is 0.274 e. The number of ether oxygens (including phenoxy) is 1. The van der Waals surface area contributed by atoms with Crippen LogP contribution in [0.4, 0.5) is 0 Å². The Morgan fingerprint density at radius 2 is 1.94 bits per heavy atom. The van der Waals surface area contributed by atoms with E-state index in [9.17, 15) is 4.79 Å². The molecule has 0 radical (unpaired) electrons. The average molecular weight is 463 g/mol. The summed E-state index contributed by atoms with van der Waals surface area (Å²) < 4.78 is 7.45. The maximum absolute atomic E-state index is 13.4. The predicted molar refractivity (Wildman–Crippen MR) is 134 cm³/mol. The molecule has 1 aromatic carbocycles. The van der Waals surface area contributed by atoms with Crippen LogP contribution in [0.3, 0.4) is 0 Å². The largest absolute Gasteiger partial charge is 0.378 e. The molecule has 1 atom stereocenters. The molecule has 2 aromatic rings. The van der Waals surface area contributed by atoms with Crippen molar-refractivity contribution < 1.29 is 9.53 Å². The molecule has 1 amide bonds. The number of amides is 1. The zero-order valence-electron chi connectivity index (χ0n) is 20.3. The highest BCUT2D eigenvalue weighted by molar-refractivity contribution is 5.94. The Kier molecular flexibility index (Phi) is 7.16. The minimum atomic E-state index is 0.0519. The van der Waals surface area contributed by atoms with Crippen LogP contribution in [-0.4, -0.2) is 59.5 Å². The van der Waals surface area contributed by atoms with E-state index in [0.29, 0.717) is 44.6 Å². The number of morpholine rings is 1. The van der Waals surface area contributed by atoms with Gasteiger partial charge in [0.1, 0.15) is 0 Å². The van der Waals surface area contributed by atoms with Gasteiger partial charge in [0.2, 0.25) is 0 Å². The average Bonchev–Trinajstić information content (AvgIpc) is 3.26. The van der Waals surface area contributed by atoms with E-state index >= 15 is 0 Å². The highest BCUT2D eigenvalue weighted by Gasteiger charge is 2.36. The van der Waals surface area contributed by atoms with Gasteiger partial charge < -0.3 is 15.0 Å². The van der Waals surface area contributed by atoms with Crippen molar-refractivity contribution in [2.75, 3.05) is 32.8 Å². The molecule has 0 bridgehead atoms. The topological polar surface area (TPSA) is 59.4 Å². The van der Waals surface area contributed by atoms with E-state index in [-0.39, 0.29) is 11.3 Å². The second-order valence-electron chi connectivity index (χ2n) is 10.2. The lowest BCUT2D eigenvalue weighted by atomic mass is 9.69. The lowest BCUT2D eigenvalue weighted by Crippen LogP contribution is -2.46. The molecular weight excluding hydrogens is 424 g/mol. The summed E-state index contributed by atoms with van der Waals surface area (Å²) in [5, 5.41) is 8.74. The number of nitrogens with zero attached hydrogens (tertiary/aromatic N) is 3. The second-order valence-corrected chi connectivity index (χ2v) is 10.2. The molecular formula is C28H38N4O2. The first-order valence-corrected chi connectivity index (χ1v) is 13.1. The molecule has 1 N–H and O–H groups in total. The predicted octanol–water partition coefficient (Wildman–Crippen LogP) is 3.89. The summed E-state index contributed by atoms with van der Waals surface area (Å²) in [4.78, 5) is 15.3. The van der Waals surface area contributed by atoms with Gasteiger partial charge in [-0.1, -0.05) is 55.7 Å². The highest BCUT2D eigenvalue weighted by atomic mass is 16.5. The number of allylic oxidation sites excluding steroid dienone is 1. The number of carbonyl (C=O) groups excluding carboxylic acids is 1. The maximum atomic E-state index is 13.4. The van der Waals surface area contributed by atoms with Crippen molar-refractivity contribution in [2.24, 2.45) is 0 Å². The van der Waals surface area contributed by atoms with Gasteiger partial charge in [0.15, 0.2) is 5.69 Å². The Labute approximate surface area is 203 Å². The number of hydrogen-bond acceptors (Lipinski definition) is 4. The Morgan fingerprint density at radius 1 is 1.18 bits per heavy atom. The Bertz CT molecular complexity index is 987. The van der Waals surface area contributed by atoms with Crippen molar-refractivity contribution in [3.63, 3.8) is 0 Å². The SMILES string of the molecule is C=CCn1nc(C(=O)N2CCOCC2)c2c1CC[C@H](NCC1(c3ccccc3)CCCCC1)C2. The summed E-state index contributed by atoms with van der Waals surface area (Å²) in [6, 6.07) is 11.5. The summed E-state index contributed by atoms with van der Waals surface area (Å²) in [7, 11) is 0. The molecule has 1 aromatic heterocycles. The zero-order valence-corrected chi connectivity index (χ0v) is 20.3. The van der Waals surface area contributed by atoms with E-state index in [1.165, 1.54) is 43.4 Å². The van der Waals surface area contributed by atoms with Gasteiger partial charge >= 0.3 is 0 Å². The summed E-state index contributed by atoms with van der Waals surface area (Å²) >= 11 is 0. The van der Waals surface area contributed by atoms with E-state index in [1.54, 1.807) is 0 Å². The van der Waals surface area contributed by atoms with Crippen molar-refractivity contribution in [1.29, 1.82) is 0 Å². The first-order chi connectivity index (χ1) is 16.7. The van der Waals surface area contributed by atoms with Gasteiger partial charge in [0.05, 0.1) is 19.8 Å². The molecule has 1 saturated carbocycles. The third-order valence-corrected chi connectivity index (χ3v) is 8.08. The fraction of sp³-hybridized carbons (Fsp3) is 0.571. The third kappa shape index (κ3) is 4.71. The summed E-state index contributed by atoms with van der Waals surface area (Å²) in [5.74, 6) is 0.0519. The second kappa shape index (κ2) is 10.4. The number of fused-ring (bicyclic) bond motifs is 1. The molecule has 2 heterocycles. The number of nitrogens with one attached hydrogen (secondary N) is 1. The third-order valence-electron chi connectivity index (χ3n) is 8.08. The fourth-order valence-corrected chi connectivity index (χ4v) is 6.15. The number of carbonyl (C=O) groups is 1. The van der Waals surface area contributed by atoms with E-state index in [0.717, 1.165) is 31.4 Å². The van der Waals surface area contributed by atoms with Crippen molar-refractivity contribution in [1.82, 2.24) is 20.0 Å². The van der Waals surface area contributed by atoms with Gasteiger partial charge in [-0.15, -0.1) is 6.58 Å². The number of aromatic nitrogens is 2. The van der Waals surface area contributed by atoms with Crippen LogP contribution in [0, 0.1) is 0 Å². The number of benzene rings is 1. The fourth-order valence-electron chi connectivity index (χ4n) is 6.15. The summed E-state index contributed by atoms with van der Waals surface area (Å²) in [6.45, 7) is 8.04. The maximum Gasteiger partial charge on any atom is 0.274 e. The molecule has 1 aliphatic heterocycles. The Morgan fingerprint density at radius 3 is 2.68 bits per heavy atom. The summed E-state index contributed by atoms with van der Waals surface area (Å²) in [6.07, 6.45) is 11.2. The van der Waals surface area contributed by atoms with Crippen molar-refractivity contribution in [2.45, 2.75) is 69.4 Å². The van der Waals surface area contributed by atoms with Crippen LogP contribution in [-0.2, 0) is 29.5 Å². The van der Waals surface area contributed by atoms with Crippen LogP contribution in [0.2, 0.25) is 0 Å². The van der Waals surface area contributed by atoms with Gasteiger partial charge in [-0.3, -0.25) is 9.48 Å².